The lowest BCUT2D eigenvalue weighted by molar-refractivity contribution is 1.11. The molecule has 0 amide bonds. The maximum absolute atomic E-state index is 8.53. The topological polar surface area (TPSA) is 36.7 Å². The largest absolute Gasteiger partial charge is 0.261 e. The Balaban J connectivity index is 2.93. The van der Waals surface area contributed by atoms with E-state index in [1.165, 1.54) is 0 Å². The van der Waals surface area contributed by atoms with Crippen LogP contribution in [0, 0.1) is 11.3 Å². The summed E-state index contributed by atoms with van der Waals surface area (Å²) >= 11 is 0. The lowest BCUT2D eigenvalue weighted by atomic mass is 10.2. The zero-order valence-electron chi connectivity index (χ0n) is 6.12. The molecule has 0 radical (unpaired) electrons. The molecule has 0 bridgehead atoms. The normalized spacial score (nSPS) is 8.64. The van der Waals surface area contributed by atoms with Gasteiger partial charge in [-0.05, 0) is 12.1 Å². The van der Waals surface area contributed by atoms with E-state index in [1.807, 2.05) is 0 Å². The van der Waals surface area contributed by atoms with Crippen molar-refractivity contribution >= 4 is 0 Å². The Kier molecular flexibility index (Phi) is 2.40. The van der Waals surface area contributed by atoms with Crippen molar-refractivity contribution in [1.82, 2.24) is 4.98 Å². The summed E-state index contributed by atoms with van der Waals surface area (Å²) in [4.78, 5) is 4.05. The Morgan fingerprint density at radius 1 is 1.73 bits per heavy atom. The maximum atomic E-state index is 8.53. The third-order valence-electron chi connectivity index (χ3n) is 1.30. The highest BCUT2D eigenvalue weighted by atomic mass is 14.7. The van der Waals surface area contributed by atoms with Gasteiger partial charge in [-0.15, -0.1) is 6.58 Å². The van der Waals surface area contributed by atoms with Gasteiger partial charge in [0.2, 0.25) is 0 Å². The molecule has 0 aliphatic heterocycles. The molecule has 0 fully saturated rings. The second-order valence-corrected chi connectivity index (χ2v) is 2.14. The Bertz CT molecular complexity index is 297. The van der Waals surface area contributed by atoms with Crippen LogP contribution >= 0.6 is 0 Å². The first kappa shape index (κ1) is 7.49. The molecular formula is C9H8N2. The number of hydrogen-bond acceptors (Lipinski definition) is 2. The van der Waals surface area contributed by atoms with Crippen LogP contribution in [0.3, 0.4) is 0 Å². The maximum Gasteiger partial charge on any atom is 0.0992 e. The molecular weight excluding hydrogens is 136 g/mol. The second kappa shape index (κ2) is 3.52. The fourth-order valence-corrected chi connectivity index (χ4v) is 0.807. The molecule has 0 aromatic carbocycles. The van der Waals surface area contributed by atoms with Crippen molar-refractivity contribution in [2.24, 2.45) is 0 Å². The molecule has 1 aromatic rings. The molecule has 0 unspecified atom stereocenters. The first-order valence-corrected chi connectivity index (χ1v) is 3.32. The molecule has 0 spiro atoms. The predicted octanol–water partition coefficient (Wildman–Crippen LogP) is 1.68. The van der Waals surface area contributed by atoms with Gasteiger partial charge in [-0.2, -0.15) is 5.26 Å². The quantitative estimate of drug-likeness (QED) is 0.592. The minimum Gasteiger partial charge on any atom is -0.261 e. The minimum atomic E-state index is 0.650. The van der Waals surface area contributed by atoms with Crippen LogP contribution in [-0.2, 0) is 6.42 Å². The summed E-state index contributed by atoms with van der Waals surface area (Å²) in [6.07, 6.45) is 4.12. The first-order chi connectivity index (χ1) is 5.36. The van der Waals surface area contributed by atoms with Gasteiger partial charge < -0.3 is 0 Å². The standard InChI is InChI=1S/C9H8N2/c1-2-3-9-6-8(7-10)4-5-11-9/h2,4-6H,1,3H2. The van der Waals surface area contributed by atoms with E-state index in [-0.39, 0.29) is 0 Å². The van der Waals surface area contributed by atoms with E-state index in [0.717, 1.165) is 12.1 Å². The number of aromatic nitrogens is 1. The smallest absolute Gasteiger partial charge is 0.0992 e. The lowest BCUT2D eigenvalue weighted by Gasteiger charge is -1.93. The third-order valence-corrected chi connectivity index (χ3v) is 1.30. The molecule has 1 rings (SSSR count). The molecule has 0 aliphatic rings. The second-order valence-electron chi connectivity index (χ2n) is 2.14. The van der Waals surface area contributed by atoms with Crippen LogP contribution in [0.1, 0.15) is 11.3 Å². The van der Waals surface area contributed by atoms with Crippen molar-refractivity contribution in [2.75, 3.05) is 0 Å². The Morgan fingerprint density at radius 3 is 3.18 bits per heavy atom. The van der Waals surface area contributed by atoms with E-state index < -0.39 is 0 Å². The lowest BCUT2D eigenvalue weighted by Crippen LogP contribution is -1.86. The summed E-state index contributed by atoms with van der Waals surface area (Å²) < 4.78 is 0. The molecule has 0 N–H and O–H groups in total. The Morgan fingerprint density at radius 2 is 2.55 bits per heavy atom. The van der Waals surface area contributed by atoms with Gasteiger partial charge in [0.25, 0.3) is 0 Å². The van der Waals surface area contributed by atoms with Crippen LogP contribution in [0.4, 0.5) is 0 Å². The summed E-state index contributed by atoms with van der Waals surface area (Å²) in [5, 5.41) is 8.53. The van der Waals surface area contributed by atoms with E-state index in [4.69, 9.17) is 5.26 Å². The molecule has 11 heavy (non-hydrogen) atoms. The van der Waals surface area contributed by atoms with Gasteiger partial charge in [-0.1, -0.05) is 6.08 Å². The van der Waals surface area contributed by atoms with Gasteiger partial charge in [0.1, 0.15) is 0 Å². The van der Waals surface area contributed by atoms with E-state index in [0.29, 0.717) is 5.56 Å². The molecule has 0 atom stereocenters. The molecule has 0 saturated heterocycles. The summed E-state index contributed by atoms with van der Waals surface area (Å²) in [6.45, 7) is 3.59. The molecule has 0 saturated carbocycles. The highest BCUT2D eigenvalue weighted by Crippen LogP contribution is 2.00. The van der Waals surface area contributed by atoms with Gasteiger partial charge in [0.15, 0.2) is 0 Å². The predicted molar refractivity (Wildman–Crippen MR) is 42.9 cm³/mol. The van der Waals surface area contributed by atoms with Crippen LogP contribution in [-0.4, -0.2) is 4.98 Å². The van der Waals surface area contributed by atoms with Crippen molar-refractivity contribution in [3.63, 3.8) is 0 Å². The monoisotopic (exact) mass is 144 g/mol. The Hall–Kier alpha value is -1.62. The number of pyridine rings is 1. The summed E-state index contributed by atoms with van der Waals surface area (Å²) in [6, 6.07) is 5.50. The SMILES string of the molecule is C=CCc1cc(C#N)ccn1. The Labute approximate surface area is 65.8 Å². The number of rotatable bonds is 2. The third kappa shape index (κ3) is 1.91. The summed E-state index contributed by atoms with van der Waals surface area (Å²) in [5.74, 6) is 0. The van der Waals surface area contributed by atoms with Crippen molar-refractivity contribution in [1.29, 1.82) is 5.26 Å². The average molecular weight is 144 g/mol. The zero-order chi connectivity index (χ0) is 8.10. The zero-order valence-corrected chi connectivity index (χ0v) is 6.12. The van der Waals surface area contributed by atoms with Gasteiger partial charge in [0, 0.05) is 18.3 Å². The highest BCUT2D eigenvalue weighted by Gasteiger charge is 1.92. The molecule has 2 heteroatoms. The highest BCUT2D eigenvalue weighted by molar-refractivity contribution is 5.29. The van der Waals surface area contributed by atoms with Gasteiger partial charge >= 0.3 is 0 Å². The molecule has 54 valence electrons. The van der Waals surface area contributed by atoms with Crippen LogP contribution < -0.4 is 0 Å². The summed E-state index contributed by atoms with van der Waals surface area (Å²) in [5.41, 5.74) is 1.54. The molecule has 1 aromatic heterocycles. The number of nitriles is 1. The summed E-state index contributed by atoms with van der Waals surface area (Å²) in [7, 11) is 0. The van der Waals surface area contributed by atoms with Crippen molar-refractivity contribution in [3.8, 4) is 6.07 Å². The van der Waals surface area contributed by atoms with Gasteiger partial charge in [0.05, 0.1) is 11.6 Å². The van der Waals surface area contributed by atoms with E-state index >= 15 is 0 Å². The fourth-order valence-electron chi connectivity index (χ4n) is 0.807. The van der Waals surface area contributed by atoms with Crippen molar-refractivity contribution < 1.29 is 0 Å². The number of allylic oxidation sites excluding steroid dienone is 1. The molecule has 1 heterocycles. The van der Waals surface area contributed by atoms with Gasteiger partial charge in [-0.25, -0.2) is 0 Å². The van der Waals surface area contributed by atoms with Crippen LogP contribution in [0.15, 0.2) is 31.0 Å². The minimum absolute atomic E-state index is 0.650. The fraction of sp³-hybridized carbons (Fsp3) is 0.111. The average Bonchev–Trinajstić information content (AvgIpc) is 2.06. The number of nitrogens with zero attached hydrogens (tertiary/aromatic N) is 2. The van der Waals surface area contributed by atoms with Crippen molar-refractivity contribution in [3.05, 3.63) is 42.2 Å². The molecule has 2 nitrogen and oxygen atoms in total. The van der Waals surface area contributed by atoms with Crippen LogP contribution in [0.5, 0.6) is 0 Å². The van der Waals surface area contributed by atoms with Gasteiger partial charge in [-0.3, -0.25) is 4.98 Å². The molecule has 0 aliphatic carbocycles. The van der Waals surface area contributed by atoms with Crippen molar-refractivity contribution in [2.45, 2.75) is 6.42 Å². The van der Waals surface area contributed by atoms with Crippen LogP contribution in [0.25, 0.3) is 0 Å². The van der Waals surface area contributed by atoms with E-state index in [1.54, 1.807) is 24.4 Å². The number of hydrogen-bond donors (Lipinski definition) is 0. The van der Waals surface area contributed by atoms with E-state index in [2.05, 4.69) is 17.6 Å². The van der Waals surface area contributed by atoms with E-state index in [9.17, 15) is 0 Å². The van der Waals surface area contributed by atoms with Crippen LogP contribution in [0.2, 0.25) is 0 Å². The first-order valence-electron chi connectivity index (χ1n) is 3.32.